The number of carbonyl (C=O) groups excluding carboxylic acids is 1. The minimum absolute atomic E-state index is 0.0450. The Bertz CT molecular complexity index is 766. The first-order valence-corrected chi connectivity index (χ1v) is 10.8. The largest absolute Gasteiger partial charge is 0.481 e. The molecule has 1 saturated carbocycles. The normalized spacial score (nSPS) is 16.0. The lowest BCUT2D eigenvalue weighted by Crippen LogP contribution is -2.54. The van der Waals surface area contributed by atoms with E-state index in [2.05, 4.69) is 5.32 Å². The number of benzene rings is 1. The summed E-state index contributed by atoms with van der Waals surface area (Å²) in [6, 6.07) is 6.58. The Morgan fingerprint density at radius 2 is 1.74 bits per heavy atom. The van der Waals surface area contributed by atoms with Crippen molar-refractivity contribution in [2.45, 2.75) is 62.8 Å². The third kappa shape index (κ3) is 5.29. The van der Waals surface area contributed by atoms with Crippen LogP contribution in [-0.2, 0) is 26.0 Å². The highest BCUT2D eigenvalue weighted by Crippen LogP contribution is 2.35. The molecule has 0 radical (unpaired) electrons. The number of nitrogens with zero attached hydrogens (tertiary/aromatic N) is 1. The molecule has 7 nitrogen and oxygen atoms in total. The molecule has 8 heteroatoms. The van der Waals surface area contributed by atoms with Crippen LogP contribution in [0.3, 0.4) is 0 Å². The number of aliphatic carboxylic acids is 1. The summed E-state index contributed by atoms with van der Waals surface area (Å²) in [6.07, 6.45) is 2.99. The summed E-state index contributed by atoms with van der Waals surface area (Å²) in [6.45, 7) is 4.43. The number of carboxylic acids is 1. The topological polar surface area (TPSA) is 104 Å². The van der Waals surface area contributed by atoms with E-state index in [1.54, 1.807) is 38.1 Å². The first kappa shape index (κ1) is 21.4. The molecule has 0 saturated heterocycles. The van der Waals surface area contributed by atoms with Crippen molar-refractivity contribution in [3.63, 3.8) is 0 Å². The van der Waals surface area contributed by atoms with Gasteiger partial charge in [-0.3, -0.25) is 9.59 Å². The van der Waals surface area contributed by atoms with E-state index >= 15 is 0 Å². The molecule has 0 heterocycles. The van der Waals surface area contributed by atoms with Crippen LogP contribution < -0.4 is 5.32 Å². The van der Waals surface area contributed by atoms with Gasteiger partial charge in [0, 0.05) is 19.5 Å². The molecule has 1 aliphatic rings. The Morgan fingerprint density at radius 1 is 1.15 bits per heavy atom. The third-order valence-electron chi connectivity index (χ3n) is 5.11. The zero-order chi connectivity index (χ0) is 20.1. The minimum Gasteiger partial charge on any atom is -0.481 e. The lowest BCUT2D eigenvalue weighted by Gasteiger charge is -2.41. The van der Waals surface area contributed by atoms with Gasteiger partial charge in [0.2, 0.25) is 15.9 Å². The number of hydrogen-bond donors (Lipinski definition) is 2. The second kappa shape index (κ2) is 8.84. The summed E-state index contributed by atoms with van der Waals surface area (Å²) in [5, 5.41) is 11.9. The van der Waals surface area contributed by atoms with Crippen molar-refractivity contribution in [3.8, 4) is 0 Å². The average Bonchev–Trinajstić information content (AvgIpc) is 2.59. The maximum absolute atomic E-state index is 12.5. The van der Waals surface area contributed by atoms with E-state index in [4.69, 9.17) is 5.11 Å². The fraction of sp³-hybridized carbons (Fsp3) is 0.579. The molecule has 1 aliphatic carbocycles. The lowest BCUT2D eigenvalue weighted by molar-refractivity contribution is -0.140. The van der Waals surface area contributed by atoms with Crippen molar-refractivity contribution in [3.05, 3.63) is 29.8 Å². The molecule has 1 aromatic rings. The van der Waals surface area contributed by atoms with E-state index in [9.17, 15) is 18.0 Å². The van der Waals surface area contributed by atoms with Crippen molar-refractivity contribution >= 4 is 21.9 Å². The Kier molecular flexibility index (Phi) is 7.00. The van der Waals surface area contributed by atoms with Crippen molar-refractivity contribution in [1.29, 1.82) is 0 Å². The van der Waals surface area contributed by atoms with Crippen LogP contribution in [0.15, 0.2) is 29.2 Å². The SMILES string of the molecule is CCN(CC)S(=O)(=O)c1ccc(CCC(=O)NC2(CC(=O)O)CCC2)cc1. The third-order valence-corrected chi connectivity index (χ3v) is 7.18. The van der Waals surface area contributed by atoms with E-state index in [-0.39, 0.29) is 23.6 Å². The summed E-state index contributed by atoms with van der Waals surface area (Å²) in [4.78, 5) is 23.4. The molecule has 1 aromatic carbocycles. The molecular formula is C19H28N2O5S. The van der Waals surface area contributed by atoms with Crippen LogP contribution in [0.1, 0.15) is 51.5 Å². The molecule has 27 heavy (non-hydrogen) atoms. The Balaban J connectivity index is 1.93. The molecule has 0 aromatic heterocycles. The molecule has 1 fully saturated rings. The smallest absolute Gasteiger partial charge is 0.305 e. The quantitative estimate of drug-likeness (QED) is 0.631. The second-order valence-corrected chi connectivity index (χ2v) is 8.92. The van der Waals surface area contributed by atoms with Gasteiger partial charge in [0.05, 0.1) is 16.9 Å². The predicted molar refractivity (Wildman–Crippen MR) is 102 cm³/mol. The van der Waals surface area contributed by atoms with Crippen LogP contribution in [0.5, 0.6) is 0 Å². The van der Waals surface area contributed by atoms with Gasteiger partial charge in [-0.1, -0.05) is 26.0 Å². The number of carbonyl (C=O) groups is 2. The van der Waals surface area contributed by atoms with E-state index in [0.717, 1.165) is 12.0 Å². The van der Waals surface area contributed by atoms with Gasteiger partial charge in [0.25, 0.3) is 0 Å². The summed E-state index contributed by atoms with van der Waals surface area (Å²) in [5.74, 6) is -1.07. The number of carboxylic acid groups (broad SMARTS) is 1. The zero-order valence-electron chi connectivity index (χ0n) is 15.9. The van der Waals surface area contributed by atoms with Crippen molar-refractivity contribution in [2.24, 2.45) is 0 Å². The van der Waals surface area contributed by atoms with Crippen LogP contribution in [0.2, 0.25) is 0 Å². The van der Waals surface area contributed by atoms with Gasteiger partial charge in [-0.15, -0.1) is 0 Å². The van der Waals surface area contributed by atoms with E-state index in [1.807, 2.05) is 0 Å². The van der Waals surface area contributed by atoms with Gasteiger partial charge in [-0.25, -0.2) is 8.42 Å². The molecule has 150 valence electrons. The molecular weight excluding hydrogens is 368 g/mol. The summed E-state index contributed by atoms with van der Waals surface area (Å²) in [7, 11) is -3.48. The van der Waals surface area contributed by atoms with Crippen LogP contribution in [0, 0.1) is 0 Å². The number of amides is 1. The first-order valence-electron chi connectivity index (χ1n) is 9.34. The number of hydrogen-bond acceptors (Lipinski definition) is 4. The summed E-state index contributed by atoms with van der Waals surface area (Å²) >= 11 is 0. The maximum Gasteiger partial charge on any atom is 0.305 e. The van der Waals surface area contributed by atoms with Gasteiger partial charge in [0.1, 0.15) is 0 Å². The van der Waals surface area contributed by atoms with E-state index < -0.39 is 21.5 Å². The summed E-state index contributed by atoms with van der Waals surface area (Å²) < 4.78 is 26.3. The molecule has 0 unspecified atom stereocenters. The zero-order valence-corrected chi connectivity index (χ0v) is 16.7. The minimum atomic E-state index is -3.48. The van der Waals surface area contributed by atoms with Gasteiger partial charge >= 0.3 is 5.97 Å². The fourth-order valence-electron chi connectivity index (χ4n) is 3.40. The Morgan fingerprint density at radius 3 is 2.19 bits per heavy atom. The number of aryl methyl sites for hydroxylation is 1. The monoisotopic (exact) mass is 396 g/mol. The Hall–Kier alpha value is -1.93. The van der Waals surface area contributed by atoms with Gasteiger partial charge < -0.3 is 10.4 Å². The fourth-order valence-corrected chi connectivity index (χ4v) is 4.85. The summed E-state index contributed by atoms with van der Waals surface area (Å²) in [5.41, 5.74) is 0.273. The van der Waals surface area contributed by atoms with Gasteiger partial charge in [-0.05, 0) is 43.4 Å². The van der Waals surface area contributed by atoms with E-state index in [0.29, 0.717) is 32.4 Å². The second-order valence-electron chi connectivity index (χ2n) is 6.99. The molecule has 0 bridgehead atoms. The van der Waals surface area contributed by atoms with Gasteiger partial charge in [-0.2, -0.15) is 4.31 Å². The standard InChI is InChI=1S/C19H28N2O5S/c1-3-21(4-2)27(25,26)16-9-6-15(7-10-16)8-11-17(22)20-19(12-5-13-19)14-18(23)24/h6-7,9-10H,3-5,8,11-14H2,1-2H3,(H,20,22)(H,23,24). The average molecular weight is 397 g/mol. The van der Waals surface area contributed by atoms with Crippen LogP contribution >= 0.6 is 0 Å². The maximum atomic E-state index is 12.5. The molecule has 0 spiro atoms. The highest BCUT2D eigenvalue weighted by molar-refractivity contribution is 7.89. The molecule has 0 atom stereocenters. The molecule has 2 rings (SSSR count). The molecule has 0 aliphatic heterocycles. The predicted octanol–water partition coefficient (Wildman–Crippen LogP) is 2.16. The molecule has 1 amide bonds. The van der Waals surface area contributed by atoms with Crippen molar-refractivity contribution < 1.29 is 23.1 Å². The lowest BCUT2D eigenvalue weighted by atomic mass is 9.74. The van der Waals surface area contributed by atoms with Crippen LogP contribution in [0.25, 0.3) is 0 Å². The number of sulfonamides is 1. The molecule has 2 N–H and O–H groups in total. The first-order chi connectivity index (χ1) is 12.7. The van der Waals surface area contributed by atoms with Crippen molar-refractivity contribution in [2.75, 3.05) is 13.1 Å². The van der Waals surface area contributed by atoms with Gasteiger partial charge in [0.15, 0.2) is 0 Å². The van der Waals surface area contributed by atoms with Crippen LogP contribution in [-0.4, -0.2) is 48.3 Å². The van der Waals surface area contributed by atoms with E-state index in [1.165, 1.54) is 4.31 Å². The van der Waals surface area contributed by atoms with Crippen molar-refractivity contribution in [1.82, 2.24) is 9.62 Å². The Labute approximate surface area is 160 Å². The van der Waals surface area contributed by atoms with Crippen LogP contribution in [0.4, 0.5) is 0 Å². The number of nitrogens with one attached hydrogen (secondary N) is 1. The number of rotatable bonds is 10. The highest BCUT2D eigenvalue weighted by Gasteiger charge is 2.40. The highest BCUT2D eigenvalue weighted by atomic mass is 32.2.